The van der Waals surface area contributed by atoms with Crippen LogP contribution < -0.4 is 5.01 Å². The van der Waals surface area contributed by atoms with Crippen LogP contribution in [0.2, 0.25) is 0 Å². The number of pyridine rings is 1. The molecule has 0 spiro atoms. The van der Waals surface area contributed by atoms with E-state index >= 15 is 0 Å². The van der Waals surface area contributed by atoms with Gasteiger partial charge in [0.25, 0.3) is 0 Å². The number of benzene rings is 1. The smallest absolute Gasteiger partial charge is 0.258 e. The Morgan fingerprint density at radius 2 is 2.00 bits per heavy atom. The Balaban J connectivity index is 2.32. The summed E-state index contributed by atoms with van der Waals surface area (Å²) in [6.45, 7) is 1.85. The van der Waals surface area contributed by atoms with Crippen LogP contribution in [-0.2, 0) is 0 Å². The molecule has 0 amide bonds. The summed E-state index contributed by atoms with van der Waals surface area (Å²) in [5.74, 6) is 0.215. The van der Waals surface area contributed by atoms with E-state index in [-0.39, 0.29) is 11.5 Å². The highest BCUT2D eigenvalue weighted by atomic mass is 127. The molecule has 108 valence electrons. The molecule has 0 radical (unpaired) electrons. The van der Waals surface area contributed by atoms with Crippen molar-refractivity contribution in [3.8, 4) is 0 Å². The molecule has 1 aromatic carbocycles. The summed E-state index contributed by atoms with van der Waals surface area (Å²) in [5.41, 5.74) is 1.65. The lowest BCUT2D eigenvalue weighted by atomic mass is 10.1. The highest BCUT2D eigenvalue weighted by molar-refractivity contribution is 14.1. The van der Waals surface area contributed by atoms with Crippen molar-refractivity contribution in [3.05, 3.63) is 61.8 Å². The zero-order chi connectivity index (χ0) is 15.4. The molecule has 1 aromatic heterocycles. The predicted molar refractivity (Wildman–Crippen MR) is 90.7 cm³/mol. The second-order valence-corrected chi connectivity index (χ2v) is 5.56. The van der Waals surface area contributed by atoms with Gasteiger partial charge in [0.05, 0.1) is 10.6 Å². The topological polar surface area (TPSA) is 71.6 Å². The minimum Gasteiger partial charge on any atom is -0.258 e. The normalized spacial score (nSPS) is 11.3. The second kappa shape index (κ2) is 6.61. The van der Waals surface area contributed by atoms with E-state index in [2.05, 4.69) is 32.7 Å². The summed E-state index contributed by atoms with van der Waals surface area (Å²) < 4.78 is 1.14. The second-order valence-electron chi connectivity index (χ2n) is 4.32. The van der Waals surface area contributed by atoms with Gasteiger partial charge in [0.1, 0.15) is 0 Å². The molecular formula is C14H13IN4O2. The minimum atomic E-state index is -0.464. The summed E-state index contributed by atoms with van der Waals surface area (Å²) in [5, 5.41) is 16.8. The lowest BCUT2D eigenvalue weighted by molar-refractivity contribution is -0.384. The summed E-state index contributed by atoms with van der Waals surface area (Å²) in [6.07, 6.45) is 1.51. The van der Waals surface area contributed by atoms with E-state index in [1.807, 2.05) is 31.2 Å². The molecule has 2 aromatic rings. The van der Waals surface area contributed by atoms with Crippen LogP contribution >= 0.6 is 22.6 Å². The first kappa shape index (κ1) is 15.4. The molecule has 0 fully saturated rings. The van der Waals surface area contributed by atoms with Crippen molar-refractivity contribution in [2.24, 2.45) is 5.10 Å². The molecule has 0 unspecified atom stereocenters. The average Bonchev–Trinajstić information content (AvgIpc) is 2.47. The zero-order valence-electron chi connectivity index (χ0n) is 11.5. The maximum Gasteiger partial charge on any atom is 0.313 e. The van der Waals surface area contributed by atoms with E-state index in [4.69, 9.17) is 0 Å². The van der Waals surface area contributed by atoms with Crippen molar-refractivity contribution in [2.45, 2.75) is 6.92 Å². The highest BCUT2D eigenvalue weighted by Gasteiger charge is 2.17. The number of hydrogen-bond donors (Lipinski definition) is 0. The molecule has 0 saturated heterocycles. The van der Waals surface area contributed by atoms with Crippen LogP contribution in [0.4, 0.5) is 11.5 Å². The average molecular weight is 396 g/mol. The van der Waals surface area contributed by atoms with Crippen LogP contribution in [0.25, 0.3) is 0 Å². The van der Waals surface area contributed by atoms with Gasteiger partial charge >= 0.3 is 5.69 Å². The lowest BCUT2D eigenvalue weighted by Gasteiger charge is -2.13. The molecule has 1 heterocycles. The molecule has 0 saturated carbocycles. The maximum absolute atomic E-state index is 11.0. The van der Waals surface area contributed by atoms with Gasteiger partial charge in [0, 0.05) is 22.9 Å². The highest BCUT2D eigenvalue weighted by Crippen LogP contribution is 2.24. The van der Waals surface area contributed by atoms with Crippen LogP contribution in [0.3, 0.4) is 0 Å². The SMILES string of the molecule is C/C(=N/N(C)c1ncccc1[N+](=O)[O-])c1ccc(I)cc1. The third-order valence-electron chi connectivity index (χ3n) is 2.83. The Morgan fingerprint density at radius 3 is 2.62 bits per heavy atom. The number of nitro groups is 1. The number of rotatable bonds is 4. The number of anilines is 1. The Labute approximate surface area is 135 Å². The first-order valence-electron chi connectivity index (χ1n) is 6.13. The fourth-order valence-electron chi connectivity index (χ4n) is 1.80. The predicted octanol–water partition coefficient (Wildman–Crippen LogP) is 3.45. The van der Waals surface area contributed by atoms with Crippen molar-refractivity contribution in [1.29, 1.82) is 0 Å². The van der Waals surface area contributed by atoms with Gasteiger partial charge in [-0.3, -0.25) is 10.1 Å². The number of nitrogens with zero attached hydrogens (tertiary/aromatic N) is 4. The first-order chi connectivity index (χ1) is 9.99. The van der Waals surface area contributed by atoms with Gasteiger partial charge in [-0.25, -0.2) is 9.99 Å². The van der Waals surface area contributed by atoms with Crippen LogP contribution in [0.15, 0.2) is 47.7 Å². The molecule has 0 bridgehead atoms. The molecule has 6 nitrogen and oxygen atoms in total. The van der Waals surface area contributed by atoms with Crippen molar-refractivity contribution in [3.63, 3.8) is 0 Å². The van der Waals surface area contributed by atoms with E-state index in [0.29, 0.717) is 0 Å². The fraction of sp³-hybridized carbons (Fsp3) is 0.143. The minimum absolute atomic E-state index is 0.0702. The van der Waals surface area contributed by atoms with E-state index < -0.39 is 4.92 Å². The Morgan fingerprint density at radius 1 is 1.33 bits per heavy atom. The third-order valence-corrected chi connectivity index (χ3v) is 3.55. The van der Waals surface area contributed by atoms with E-state index in [9.17, 15) is 10.1 Å². The van der Waals surface area contributed by atoms with Gasteiger partial charge in [-0.1, -0.05) is 12.1 Å². The zero-order valence-corrected chi connectivity index (χ0v) is 13.7. The molecule has 0 N–H and O–H groups in total. The number of aromatic nitrogens is 1. The Hall–Kier alpha value is -2.03. The van der Waals surface area contributed by atoms with Crippen molar-refractivity contribution < 1.29 is 4.92 Å². The Kier molecular flexibility index (Phi) is 4.84. The number of halogens is 1. The summed E-state index contributed by atoms with van der Waals surface area (Å²) >= 11 is 2.23. The molecule has 0 aliphatic carbocycles. The van der Waals surface area contributed by atoms with E-state index in [0.717, 1.165) is 14.8 Å². The van der Waals surface area contributed by atoms with Gasteiger partial charge in [0.15, 0.2) is 0 Å². The molecule has 0 aliphatic heterocycles. The summed E-state index contributed by atoms with van der Waals surface area (Å²) in [6, 6.07) is 10.8. The van der Waals surface area contributed by atoms with Gasteiger partial charge in [-0.2, -0.15) is 5.10 Å². The molecule has 0 atom stereocenters. The van der Waals surface area contributed by atoms with Crippen molar-refractivity contribution in [1.82, 2.24) is 4.98 Å². The molecule has 7 heteroatoms. The summed E-state index contributed by atoms with van der Waals surface area (Å²) in [7, 11) is 1.64. The maximum atomic E-state index is 11.0. The van der Waals surface area contributed by atoms with Crippen molar-refractivity contribution >= 4 is 39.8 Å². The number of hydrazone groups is 1. The largest absolute Gasteiger partial charge is 0.313 e. The fourth-order valence-corrected chi connectivity index (χ4v) is 2.16. The van der Waals surface area contributed by atoms with Crippen molar-refractivity contribution in [2.75, 3.05) is 12.1 Å². The standard InChI is InChI=1S/C14H13IN4O2/c1-10(11-5-7-12(15)8-6-11)17-18(2)14-13(19(20)21)4-3-9-16-14/h3-9H,1-2H3/b17-10-. The van der Waals surface area contributed by atoms with Gasteiger partial charge in [-0.15, -0.1) is 0 Å². The molecule has 0 aliphatic rings. The molecule has 2 rings (SSSR count). The van der Waals surface area contributed by atoms with E-state index in [1.54, 1.807) is 7.05 Å². The van der Waals surface area contributed by atoms with Gasteiger partial charge in [0.2, 0.25) is 5.82 Å². The van der Waals surface area contributed by atoms with Crippen LogP contribution in [-0.4, -0.2) is 22.7 Å². The van der Waals surface area contributed by atoms with Crippen LogP contribution in [0.5, 0.6) is 0 Å². The third kappa shape index (κ3) is 3.75. The molecular weight excluding hydrogens is 383 g/mol. The van der Waals surface area contributed by atoms with Crippen LogP contribution in [0, 0.1) is 13.7 Å². The lowest BCUT2D eigenvalue weighted by Crippen LogP contribution is -2.15. The Bertz CT molecular complexity index is 686. The summed E-state index contributed by atoms with van der Waals surface area (Å²) in [4.78, 5) is 14.6. The van der Waals surface area contributed by atoms with Gasteiger partial charge in [-0.05, 0) is 53.3 Å². The molecule has 21 heavy (non-hydrogen) atoms. The monoisotopic (exact) mass is 396 g/mol. The first-order valence-corrected chi connectivity index (χ1v) is 7.21. The van der Waals surface area contributed by atoms with Crippen LogP contribution in [0.1, 0.15) is 12.5 Å². The number of hydrogen-bond acceptors (Lipinski definition) is 5. The quantitative estimate of drug-likeness (QED) is 0.344. The van der Waals surface area contributed by atoms with Gasteiger partial charge < -0.3 is 0 Å². The van der Waals surface area contributed by atoms with E-state index in [1.165, 1.54) is 23.3 Å².